The minimum absolute atomic E-state index is 0.800. The van der Waals surface area contributed by atoms with Crippen LogP contribution < -0.4 is 4.57 Å². The zero-order valence-corrected chi connectivity index (χ0v) is 26.8. The molecule has 0 saturated carbocycles. The molecule has 6 heteroatoms. The van der Waals surface area contributed by atoms with Gasteiger partial charge in [-0.2, -0.15) is 0 Å². The summed E-state index contributed by atoms with van der Waals surface area (Å²) in [6.45, 7) is 10.0. The van der Waals surface area contributed by atoms with E-state index < -0.39 is 0 Å². The van der Waals surface area contributed by atoms with Gasteiger partial charge in [-0.05, 0) is 43.2 Å². The highest BCUT2D eigenvalue weighted by Crippen LogP contribution is 2.27. The maximum absolute atomic E-state index is 4.56. The number of hydrogen-bond donors (Lipinski definition) is 1. The molecule has 0 fully saturated rings. The average Bonchev–Trinajstić information content (AvgIpc) is 3.48. The first-order chi connectivity index (χ1) is 21.0. The Labute approximate surface area is 263 Å². The lowest BCUT2D eigenvalue weighted by Gasteiger charge is -1.99. The number of hydrogen-bond acceptors (Lipinski definition) is 3. The summed E-state index contributed by atoms with van der Waals surface area (Å²) in [4.78, 5) is 8.01. The summed E-state index contributed by atoms with van der Waals surface area (Å²) < 4.78 is 4.51. The van der Waals surface area contributed by atoms with Crippen LogP contribution in [-0.2, 0) is 13.6 Å². The number of nitrogens with zero attached hydrogens (tertiary/aromatic N) is 3. The Morgan fingerprint density at radius 3 is 2.47 bits per heavy atom. The highest BCUT2D eigenvalue weighted by Gasteiger charge is 2.09. The third-order valence-corrected chi connectivity index (χ3v) is 9.99. The van der Waals surface area contributed by atoms with Crippen molar-refractivity contribution in [2.75, 3.05) is 18.1 Å². The van der Waals surface area contributed by atoms with Crippen molar-refractivity contribution in [2.24, 2.45) is 12.0 Å². The molecule has 0 saturated heterocycles. The molecule has 5 aromatic rings. The van der Waals surface area contributed by atoms with Crippen LogP contribution in [0.4, 0.5) is 0 Å². The molecule has 0 aliphatic rings. The van der Waals surface area contributed by atoms with E-state index in [1.54, 1.807) is 0 Å². The molecular weight excluding hydrogens is 565 g/mol. The number of aliphatic imine (C=N–C) groups is 1. The number of benzene rings is 2. The number of allylic oxidation sites excluding steroid dienone is 4. The average molecular weight is 604 g/mol. The number of rotatable bonds is 13. The fourth-order valence-corrected chi connectivity index (χ4v) is 6.97. The SMILES string of the molecule is C=CC(/C=C/c1c(C)[nH]c2ccccc12)=C\C=NCCSSCC[n+]1ccc(/C=C/c2c(C)n(C)c3ccccc23)cc1. The van der Waals surface area contributed by atoms with Gasteiger partial charge in [0.15, 0.2) is 18.9 Å². The number of pyridine rings is 1. The van der Waals surface area contributed by atoms with Gasteiger partial charge in [0.05, 0.1) is 5.75 Å². The van der Waals surface area contributed by atoms with Crippen LogP contribution in [0.3, 0.4) is 0 Å². The molecule has 0 amide bonds. The second kappa shape index (κ2) is 14.9. The third kappa shape index (κ3) is 7.70. The van der Waals surface area contributed by atoms with E-state index in [9.17, 15) is 0 Å². The fourth-order valence-electron chi connectivity index (χ4n) is 5.12. The van der Waals surface area contributed by atoms with Gasteiger partial charge in [-0.25, -0.2) is 4.57 Å². The van der Waals surface area contributed by atoms with E-state index in [4.69, 9.17) is 0 Å². The van der Waals surface area contributed by atoms with Gasteiger partial charge >= 0.3 is 0 Å². The first-order valence-electron chi connectivity index (χ1n) is 14.6. The van der Waals surface area contributed by atoms with Gasteiger partial charge in [-0.3, -0.25) is 4.99 Å². The molecule has 0 unspecified atom stereocenters. The van der Waals surface area contributed by atoms with Crippen LogP contribution in [0.25, 0.3) is 40.0 Å². The Balaban J connectivity index is 1.02. The first-order valence-corrected chi connectivity index (χ1v) is 17.1. The Bertz CT molecular complexity index is 1820. The van der Waals surface area contributed by atoms with Crippen molar-refractivity contribution in [3.8, 4) is 0 Å². The lowest BCUT2D eigenvalue weighted by atomic mass is 10.1. The van der Waals surface area contributed by atoms with Crippen molar-refractivity contribution in [3.63, 3.8) is 0 Å². The van der Waals surface area contributed by atoms with Crippen LogP contribution in [0.1, 0.15) is 28.1 Å². The molecular formula is C37H39N4S2+. The molecule has 218 valence electrons. The van der Waals surface area contributed by atoms with Gasteiger partial charge in [0.25, 0.3) is 0 Å². The van der Waals surface area contributed by atoms with E-state index in [2.05, 4.69) is 144 Å². The number of aryl methyl sites for hydroxylation is 3. The summed E-state index contributed by atoms with van der Waals surface area (Å²) in [5.41, 5.74) is 9.63. The lowest BCUT2D eigenvalue weighted by molar-refractivity contribution is -0.692. The topological polar surface area (TPSA) is 37.0 Å². The zero-order valence-electron chi connectivity index (χ0n) is 25.2. The van der Waals surface area contributed by atoms with Crippen LogP contribution in [-0.4, -0.2) is 33.8 Å². The number of aromatic amines is 1. The highest BCUT2D eigenvalue weighted by atomic mass is 33.1. The Morgan fingerprint density at radius 1 is 0.907 bits per heavy atom. The minimum Gasteiger partial charge on any atom is -0.358 e. The number of fused-ring (bicyclic) bond motifs is 2. The Morgan fingerprint density at radius 2 is 1.65 bits per heavy atom. The fraction of sp³-hybridized carbons (Fsp3) is 0.189. The van der Waals surface area contributed by atoms with Crippen molar-refractivity contribution in [3.05, 3.63) is 132 Å². The normalized spacial score (nSPS) is 12.6. The van der Waals surface area contributed by atoms with Crippen molar-refractivity contribution in [1.29, 1.82) is 0 Å². The summed E-state index contributed by atoms with van der Waals surface area (Å²) >= 11 is 0. The minimum atomic E-state index is 0.800. The van der Waals surface area contributed by atoms with Gasteiger partial charge in [0, 0.05) is 82.0 Å². The summed E-state index contributed by atoms with van der Waals surface area (Å²) in [5, 5.41) is 2.53. The van der Waals surface area contributed by atoms with Crippen LogP contribution in [0.2, 0.25) is 0 Å². The van der Waals surface area contributed by atoms with Crippen LogP contribution in [0.5, 0.6) is 0 Å². The van der Waals surface area contributed by atoms with Crippen molar-refractivity contribution in [1.82, 2.24) is 9.55 Å². The van der Waals surface area contributed by atoms with Crippen LogP contribution in [0, 0.1) is 13.8 Å². The largest absolute Gasteiger partial charge is 0.358 e. The quantitative estimate of drug-likeness (QED) is 0.0479. The number of para-hydroxylation sites is 2. The molecule has 5 rings (SSSR count). The smallest absolute Gasteiger partial charge is 0.169 e. The molecule has 0 bridgehead atoms. The molecule has 0 aliphatic carbocycles. The molecule has 0 atom stereocenters. The van der Waals surface area contributed by atoms with Gasteiger partial charge < -0.3 is 9.55 Å². The molecule has 3 aromatic heterocycles. The monoisotopic (exact) mass is 603 g/mol. The molecule has 43 heavy (non-hydrogen) atoms. The molecule has 3 heterocycles. The van der Waals surface area contributed by atoms with E-state index in [1.807, 2.05) is 40.0 Å². The summed E-state index contributed by atoms with van der Waals surface area (Å²) in [6, 6.07) is 21.3. The molecule has 1 N–H and O–H groups in total. The maximum atomic E-state index is 4.56. The van der Waals surface area contributed by atoms with E-state index >= 15 is 0 Å². The van der Waals surface area contributed by atoms with Gasteiger partial charge in [0.2, 0.25) is 0 Å². The first kappa shape index (κ1) is 30.5. The zero-order chi connectivity index (χ0) is 30.0. The Hall–Kier alpha value is -4.00. The summed E-state index contributed by atoms with van der Waals surface area (Å²) in [7, 11) is 5.91. The van der Waals surface area contributed by atoms with Gasteiger partial charge in [-0.15, -0.1) is 0 Å². The van der Waals surface area contributed by atoms with Crippen LogP contribution >= 0.6 is 21.6 Å². The maximum Gasteiger partial charge on any atom is 0.169 e. The van der Waals surface area contributed by atoms with Gasteiger partial charge in [-0.1, -0.05) is 94.9 Å². The standard InChI is InChI=1S/C37H39N4S2/c1-5-30(14-16-32-28(2)39-36-12-8-6-10-34(32)36)18-21-38-22-26-42-43-27-25-41-23-19-31(20-24-41)15-17-33-29(3)40(4)37-13-9-7-11-35(33)37/h5-21,23-24,39H,1,22,25-27H2,2-4H3/q+1/b16-14+,30-18+,38-21?. The predicted molar refractivity (Wildman–Crippen MR) is 192 cm³/mol. The summed E-state index contributed by atoms with van der Waals surface area (Å²) in [5.74, 6) is 2.05. The summed E-state index contributed by atoms with van der Waals surface area (Å²) in [6.07, 6.45) is 18.8. The molecule has 0 aliphatic heterocycles. The third-order valence-electron chi connectivity index (χ3n) is 7.62. The second-order valence-electron chi connectivity index (χ2n) is 10.4. The number of nitrogens with one attached hydrogen (secondary N) is 1. The molecule has 2 aromatic carbocycles. The number of aromatic nitrogens is 3. The van der Waals surface area contributed by atoms with Crippen molar-refractivity contribution < 1.29 is 4.57 Å². The van der Waals surface area contributed by atoms with E-state index in [-0.39, 0.29) is 0 Å². The van der Waals surface area contributed by atoms with E-state index in [0.29, 0.717) is 0 Å². The van der Waals surface area contributed by atoms with Crippen molar-refractivity contribution >= 4 is 67.8 Å². The van der Waals surface area contributed by atoms with E-state index in [0.717, 1.165) is 35.7 Å². The predicted octanol–water partition coefficient (Wildman–Crippen LogP) is 9.01. The Kier molecular flexibility index (Phi) is 10.6. The van der Waals surface area contributed by atoms with E-state index in [1.165, 1.54) is 44.4 Å². The van der Waals surface area contributed by atoms with Crippen LogP contribution in [0.15, 0.2) is 108 Å². The highest BCUT2D eigenvalue weighted by molar-refractivity contribution is 8.76. The van der Waals surface area contributed by atoms with Gasteiger partial charge in [0.1, 0.15) is 0 Å². The lowest BCUT2D eigenvalue weighted by Crippen LogP contribution is -2.33. The molecule has 0 radical (unpaired) electrons. The second-order valence-corrected chi connectivity index (χ2v) is 13.1. The molecule has 0 spiro atoms. The molecule has 4 nitrogen and oxygen atoms in total. The van der Waals surface area contributed by atoms with Crippen molar-refractivity contribution in [2.45, 2.75) is 20.4 Å². The number of H-pyrrole nitrogens is 1.